The third-order valence-electron chi connectivity index (χ3n) is 2.49. The zero-order valence-corrected chi connectivity index (χ0v) is 10.9. The van der Waals surface area contributed by atoms with Crippen molar-refractivity contribution in [2.45, 2.75) is 34.1 Å². The van der Waals surface area contributed by atoms with E-state index in [4.69, 9.17) is 0 Å². The van der Waals surface area contributed by atoms with Crippen LogP contribution in [-0.4, -0.2) is 12.5 Å². The minimum atomic E-state index is -0.448. The van der Waals surface area contributed by atoms with Crippen molar-refractivity contribution in [2.24, 2.45) is 5.41 Å². The number of aryl methyl sites for hydroxylation is 1. The topological polar surface area (TPSA) is 29.1 Å². The van der Waals surface area contributed by atoms with E-state index in [2.05, 4.69) is 5.32 Å². The average molecular weight is 237 g/mol. The Morgan fingerprint density at radius 3 is 2.53 bits per heavy atom. The zero-order valence-electron chi connectivity index (χ0n) is 10.9. The molecule has 0 spiro atoms. The monoisotopic (exact) mass is 237 g/mol. The molecule has 94 valence electrons. The van der Waals surface area contributed by atoms with Gasteiger partial charge in [-0.05, 0) is 23.5 Å². The zero-order chi connectivity index (χ0) is 13.1. The highest BCUT2D eigenvalue weighted by molar-refractivity contribution is 5.96. The van der Waals surface area contributed by atoms with E-state index in [1.165, 1.54) is 6.07 Å². The van der Waals surface area contributed by atoms with Crippen molar-refractivity contribution in [2.75, 3.05) is 6.54 Å². The van der Waals surface area contributed by atoms with Crippen molar-refractivity contribution in [1.29, 1.82) is 0 Å². The van der Waals surface area contributed by atoms with Crippen LogP contribution in [-0.2, 0) is 6.42 Å². The minimum Gasteiger partial charge on any atom is -0.351 e. The summed E-state index contributed by atoms with van der Waals surface area (Å²) >= 11 is 0. The molecule has 1 N–H and O–H groups in total. The van der Waals surface area contributed by atoms with Gasteiger partial charge >= 0.3 is 0 Å². The van der Waals surface area contributed by atoms with Crippen LogP contribution in [0.15, 0.2) is 18.2 Å². The van der Waals surface area contributed by atoms with Gasteiger partial charge in [0.25, 0.3) is 5.91 Å². The first-order chi connectivity index (χ1) is 7.85. The molecule has 0 fully saturated rings. The van der Waals surface area contributed by atoms with Crippen LogP contribution in [0.5, 0.6) is 0 Å². The Labute approximate surface area is 102 Å². The molecule has 0 aliphatic heterocycles. The molecular weight excluding hydrogens is 217 g/mol. The second-order valence-electron chi connectivity index (χ2n) is 5.37. The van der Waals surface area contributed by atoms with Crippen LogP contribution >= 0.6 is 0 Å². The van der Waals surface area contributed by atoms with Gasteiger partial charge in [-0.1, -0.05) is 39.8 Å². The predicted octanol–water partition coefficient (Wildman–Crippen LogP) is 3.16. The number of carbonyl (C=O) groups excluding carboxylic acids is 1. The van der Waals surface area contributed by atoms with Gasteiger partial charge in [-0.3, -0.25) is 4.79 Å². The van der Waals surface area contributed by atoms with Gasteiger partial charge in [-0.25, -0.2) is 4.39 Å². The number of halogens is 1. The van der Waals surface area contributed by atoms with E-state index in [1.807, 2.05) is 27.7 Å². The Morgan fingerprint density at radius 2 is 2.00 bits per heavy atom. The molecule has 0 atom stereocenters. The van der Waals surface area contributed by atoms with Crippen LogP contribution in [0.3, 0.4) is 0 Å². The van der Waals surface area contributed by atoms with E-state index in [-0.39, 0.29) is 16.9 Å². The number of hydrogen-bond donors (Lipinski definition) is 1. The number of nitrogens with one attached hydrogen (secondary N) is 1. The van der Waals surface area contributed by atoms with Crippen molar-refractivity contribution in [3.05, 3.63) is 35.1 Å². The fourth-order valence-electron chi connectivity index (χ4n) is 1.55. The molecule has 3 heteroatoms. The average Bonchev–Trinajstić information content (AvgIpc) is 2.24. The lowest BCUT2D eigenvalue weighted by Gasteiger charge is -2.19. The van der Waals surface area contributed by atoms with Crippen LogP contribution in [0.4, 0.5) is 4.39 Å². The molecule has 1 amide bonds. The van der Waals surface area contributed by atoms with Crippen LogP contribution in [0.1, 0.15) is 43.6 Å². The van der Waals surface area contributed by atoms with Gasteiger partial charge in [0, 0.05) is 6.54 Å². The third-order valence-corrected chi connectivity index (χ3v) is 2.49. The largest absolute Gasteiger partial charge is 0.351 e. The number of carbonyl (C=O) groups is 1. The summed E-state index contributed by atoms with van der Waals surface area (Å²) in [6, 6.07) is 4.74. The minimum absolute atomic E-state index is 0.00665. The molecule has 0 heterocycles. The quantitative estimate of drug-likeness (QED) is 0.859. The van der Waals surface area contributed by atoms with E-state index in [0.717, 1.165) is 5.56 Å². The van der Waals surface area contributed by atoms with Gasteiger partial charge < -0.3 is 5.32 Å². The number of amides is 1. The molecule has 0 bridgehead atoms. The molecule has 0 aromatic heterocycles. The Balaban J connectivity index is 2.89. The predicted molar refractivity (Wildman–Crippen MR) is 67.6 cm³/mol. The maximum atomic E-state index is 13.6. The van der Waals surface area contributed by atoms with E-state index in [1.54, 1.807) is 12.1 Å². The molecule has 0 unspecified atom stereocenters. The summed E-state index contributed by atoms with van der Waals surface area (Å²) < 4.78 is 13.6. The van der Waals surface area contributed by atoms with Gasteiger partial charge in [-0.2, -0.15) is 0 Å². The maximum absolute atomic E-state index is 13.6. The molecule has 0 saturated heterocycles. The highest BCUT2D eigenvalue weighted by Crippen LogP contribution is 2.16. The van der Waals surface area contributed by atoms with Gasteiger partial charge in [0.05, 0.1) is 5.56 Å². The number of hydrogen-bond acceptors (Lipinski definition) is 1. The third kappa shape index (κ3) is 3.84. The van der Waals surface area contributed by atoms with E-state index in [9.17, 15) is 9.18 Å². The summed E-state index contributed by atoms with van der Waals surface area (Å²) in [5, 5.41) is 2.78. The molecule has 1 aromatic rings. The summed E-state index contributed by atoms with van der Waals surface area (Å²) in [6.45, 7) is 8.51. The Hall–Kier alpha value is -1.38. The highest BCUT2D eigenvalue weighted by atomic mass is 19.1. The van der Waals surface area contributed by atoms with E-state index >= 15 is 0 Å². The SMILES string of the molecule is CCc1cccc(F)c1C(=O)NCC(C)(C)C. The number of rotatable bonds is 3. The van der Waals surface area contributed by atoms with Gasteiger partial charge in [0.2, 0.25) is 0 Å². The molecule has 0 aliphatic rings. The lowest BCUT2D eigenvalue weighted by molar-refractivity contribution is 0.0934. The summed E-state index contributed by atoms with van der Waals surface area (Å²) in [5.41, 5.74) is 0.920. The molecule has 0 saturated carbocycles. The maximum Gasteiger partial charge on any atom is 0.254 e. The Bertz CT molecular complexity index is 407. The van der Waals surface area contributed by atoms with Crippen molar-refractivity contribution in [3.63, 3.8) is 0 Å². The van der Waals surface area contributed by atoms with Crippen LogP contribution in [0.25, 0.3) is 0 Å². The summed E-state index contributed by atoms with van der Waals surface area (Å²) in [6.07, 6.45) is 0.649. The highest BCUT2D eigenvalue weighted by Gasteiger charge is 2.18. The first kappa shape index (κ1) is 13.7. The van der Waals surface area contributed by atoms with Crippen molar-refractivity contribution >= 4 is 5.91 Å². The van der Waals surface area contributed by atoms with E-state index in [0.29, 0.717) is 13.0 Å². The molecule has 0 aliphatic carbocycles. The molecule has 1 aromatic carbocycles. The molecule has 17 heavy (non-hydrogen) atoms. The fraction of sp³-hybridized carbons (Fsp3) is 0.500. The van der Waals surface area contributed by atoms with Crippen LogP contribution in [0, 0.1) is 11.2 Å². The van der Waals surface area contributed by atoms with Gasteiger partial charge in [-0.15, -0.1) is 0 Å². The second-order valence-corrected chi connectivity index (χ2v) is 5.37. The summed E-state index contributed by atoms with van der Waals surface area (Å²) in [4.78, 5) is 11.9. The van der Waals surface area contributed by atoms with Crippen LogP contribution in [0.2, 0.25) is 0 Å². The van der Waals surface area contributed by atoms with Crippen LogP contribution < -0.4 is 5.32 Å². The normalized spacial score (nSPS) is 11.4. The first-order valence-corrected chi connectivity index (χ1v) is 5.90. The fourth-order valence-corrected chi connectivity index (χ4v) is 1.55. The Kier molecular flexibility index (Phi) is 4.27. The standard InChI is InChI=1S/C14H20FNO/c1-5-10-7-6-8-11(15)12(10)13(17)16-9-14(2,3)4/h6-8H,5,9H2,1-4H3,(H,16,17). The van der Waals surface area contributed by atoms with Gasteiger partial charge in [0.1, 0.15) is 5.82 Å². The van der Waals surface area contributed by atoms with Crippen molar-refractivity contribution in [3.8, 4) is 0 Å². The molecule has 0 radical (unpaired) electrons. The van der Waals surface area contributed by atoms with E-state index < -0.39 is 5.82 Å². The number of benzene rings is 1. The first-order valence-electron chi connectivity index (χ1n) is 5.90. The summed E-state index contributed by atoms with van der Waals surface area (Å²) in [5.74, 6) is -0.773. The van der Waals surface area contributed by atoms with Gasteiger partial charge in [0.15, 0.2) is 0 Å². The molecular formula is C14H20FNO. The lowest BCUT2D eigenvalue weighted by atomic mass is 9.96. The molecule has 1 rings (SSSR count). The molecule has 2 nitrogen and oxygen atoms in total. The smallest absolute Gasteiger partial charge is 0.254 e. The second kappa shape index (κ2) is 5.30. The van der Waals surface area contributed by atoms with Crippen molar-refractivity contribution in [1.82, 2.24) is 5.32 Å². The Morgan fingerprint density at radius 1 is 1.35 bits per heavy atom. The van der Waals surface area contributed by atoms with Crippen molar-refractivity contribution < 1.29 is 9.18 Å². The summed E-state index contributed by atoms with van der Waals surface area (Å²) in [7, 11) is 0. The lowest BCUT2D eigenvalue weighted by Crippen LogP contribution is -2.33.